The quantitative estimate of drug-likeness (QED) is 0.699. The number of hydrogen-bond donors (Lipinski definition) is 0. The van der Waals surface area contributed by atoms with Crippen LogP contribution < -0.4 is 0 Å². The van der Waals surface area contributed by atoms with E-state index in [0.717, 1.165) is 47.8 Å². The van der Waals surface area contributed by atoms with Crippen LogP contribution in [-0.2, 0) is 13.6 Å². The highest BCUT2D eigenvalue weighted by molar-refractivity contribution is 7.99. The largest absolute Gasteiger partial charge is 0.453 e. The third-order valence-electron chi connectivity index (χ3n) is 4.52. The Morgan fingerprint density at radius 1 is 1.32 bits per heavy atom. The van der Waals surface area contributed by atoms with Crippen LogP contribution in [-0.4, -0.2) is 42.5 Å². The second kappa shape index (κ2) is 6.68. The van der Waals surface area contributed by atoms with Gasteiger partial charge >= 0.3 is 0 Å². The second-order valence-corrected chi connectivity index (χ2v) is 7.57. The van der Waals surface area contributed by atoms with Gasteiger partial charge in [0.2, 0.25) is 0 Å². The lowest BCUT2D eigenvalue weighted by atomic mass is 10.2. The van der Waals surface area contributed by atoms with Crippen molar-refractivity contribution in [2.75, 3.05) is 13.1 Å². The Kier molecular flexibility index (Phi) is 4.39. The average Bonchev–Trinajstić information content (AvgIpc) is 3.32. The topological polar surface area (TPSA) is 64.9 Å². The Labute approximate surface area is 151 Å². The maximum atomic E-state index is 5.96. The Morgan fingerprint density at radius 3 is 2.92 bits per heavy atom. The van der Waals surface area contributed by atoms with Gasteiger partial charge in [-0.05, 0) is 50.2 Å². The monoisotopic (exact) mass is 358 g/mol. The minimum absolute atomic E-state index is 0.455. The van der Waals surface area contributed by atoms with Gasteiger partial charge in [-0.3, -0.25) is 9.58 Å². The number of rotatable bonds is 5. The van der Waals surface area contributed by atoms with E-state index in [2.05, 4.69) is 50.9 Å². The molecule has 1 unspecified atom stereocenters. The average molecular weight is 358 g/mol. The molecule has 0 spiro atoms. The Bertz CT molecular complexity index is 866. The molecule has 1 aliphatic heterocycles. The van der Waals surface area contributed by atoms with Crippen molar-refractivity contribution in [1.29, 1.82) is 0 Å². The smallest absolute Gasteiger partial charge is 0.198 e. The fourth-order valence-electron chi connectivity index (χ4n) is 3.34. The zero-order valence-corrected chi connectivity index (χ0v) is 15.5. The van der Waals surface area contributed by atoms with Crippen molar-refractivity contribution in [1.82, 2.24) is 29.4 Å². The van der Waals surface area contributed by atoms with Gasteiger partial charge in [-0.1, -0.05) is 0 Å². The maximum Gasteiger partial charge on any atom is 0.198 e. The van der Waals surface area contributed by atoms with Crippen LogP contribution in [0.1, 0.15) is 29.6 Å². The fourth-order valence-corrected chi connectivity index (χ4v) is 4.09. The number of hydrogen-bond acceptors (Lipinski definition) is 6. The lowest BCUT2D eigenvalue weighted by molar-refractivity contribution is 0.273. The summed E-state index contributed by atoms with van der Waals surface area (Å²) in [7, 11) is 1.93. The summed E-state index contributed by atoms with van der Waals surface area (Å²) in [6.45, 7) is 7.08. The highest BCUT2D eigenvalue weighted by Gasteiger charge is 2.26. The van der Waals surface area contributed by atoms with Crippen LogP contribution in [0.5, 0.6) is 0 Å². The minimum atomic E-state index is 0.455. The summed E-state index contributed by atoms with van der Waals surface area (Å²) in [4.78, 5) is 2.43. The number of nitrogens with zero attached hydrogens (tertiary/aromatic N) is 6. The first kappa shape index (κ1) is 16.4. The van der Waals surface area contributed by atoms with Gasteiger partial charge in [-0.2, -0.15) is 5.10 Å². The van der Waals surface area contributed by atoms with Crippen LogP contribution >= 0.6 is 11.8 Å². The van der Waals surface area contributed by atoms with Crippen LogP contribution in [0.25, 0.3) is 0 Å². The maximum absolute atomic E-state index is 5.96. The molecule has 0 N–H and O–H groups in total. The van der Waals surface area contributed by atoms with Crippen molar-refractivity contribution in [2.24, 2.45) is 7.05 Å². The summed E-state index contributed by atoms with van der Waals surface area (Å²) in [6, 6.07) is 6.65. The van der Waals surface area contributed by atoms with Gasteiger partial charge in [0.05, 0.1) is 18.3 Å². The summed E-state index contributed by atoms with van der Waals surface area (Å²) in [5, 5.41) is 14.3. The molecule has 0 aliphatic carbocycles. The summed E-state index contributed by atoms with van der Waals surface area (Å²) in [5.41, 5.74) is 2.33. The lowest BCUT2D eigenvalue weighted by Crippen LogP contribution is -2.21. The molecule has 1 saturated heterocycles. The van der Waals surface area contributed by atoms with E-state index in [1.807, 2.05) is 17.7 Å². The first-order chi connectivity index (χ1) is 12.1. The Hall–Kier alpha value is -2.06. The molecule has 4 heterocycles. The van der Waals surface area contributed by atoms with Gasteiger partial charge in [-0.25, -0.2) is 0 Å². The molecule has 3 aromatic heterocycles. The second-order valence-electron chi connectivity index (χ2n) is 6.60. The molecule has 0 aromatic carbocycles. The van der Waals surface area contributed by atoms with E-state index in [0.29, 0.717) is 6.04 Å². The molecule has 25 heavy (non-hydrogen) atoms. The predicted molar refractivity (Wildman–Crippen MR) is 94.5 cm³/mol. The van der Waals surface area contributed by atoms with Gasteiger partial charge < -0.3 is 8.98 Å². The number of likely N-dealkylation sites (tertiary alicyclic amines) is 1. The molecule has 1 atom stereocenters. The van der Waals surface area contributed by atoms with Gasteiger partial charge in [-0.15, -0.1) is 10.2 Å². The lowest BCUT2D eigenvalue weighted by Gasteiger charge is -2.15. The van der Waals surface area contributed by atoms with E-state index in [-0.39, 0.29) is 0 Å². The molecule has 7 nitrogen and oxygen atoms in total. The molecule has 8 heteroatoms. The zero-order chi connectivity index (χ0) is 17.4. The van der Waals surface area contributed by atoms with E-state index in [1.54, 1.807) is 6.33 Å². The van der Waals surface area contributed by atoms with E-state index in [1.165, 1.54) is 17.5 Å². The molecule has 132 valence electrons. The third-order valence-corrected chi connectivity index (χ3v) is 5.49. The molecule has 1 aliphatic rings. The molecule has 1 fully saturated rings. The first-order valence-electron chi connectivity index (χ1n) is 8.44. The Balaban J connectivity index is 1.37. The zero-order valence-electron chi connectivity index (χ0n) is 14.7. The molecule has 0 bridgehead atoms. The molecule has 3 aromatic rings. The summed E-state index contributed by atoms with van der Waals surface area (Å²) in [5.74, 6) is 0.985. The molecule has 0 radical (unpaired) electrons. The van der Waals surface area contributed by atoms with Crippen LogP contribution in [0.3, 0.4) is 0 Å². The van der Waals surface area contributed by atoms with E-state index in [9.17, 15) is 0 Å². The molecule has 0 saturated carbocycles. The number of aryl methyl sites for hydroxylation is 3. The normalized spacial score (nSPS) is 18.3. The Morgan fingerprint density at radius 2 is 2.20 bits per heavy atom. The standard InChI is InChI=1S/C17H22N6OS/c1-12-8-13(2)23(20-12)14-6-7-22(9-14)10-15-4-5-16(24-15)25-17-19-18-11-21(17)3/h4-5,8,11,14H,6-7,9-10H2,1-3H3. The van der Waals surface area contributed by atoms with Crippen molar-refractivity contribution in [3.8, 4) is 0 Å². The van der Waals surface area contributed by atoms with Gasteiger partial charge in [0.1, 0.15) is 12.1 Å². The molecular formula is C17H22N6OS. The number of furan rings is 1. The van der Waals surface area contributed by atoms with Crippen LogP contribution in [0.15, 0.2) is 39.2 Å². The van der Waals surface area contributed by atoms with Crippen LogP contribution in [0.2, 0.25) is 0 Å². The van der Waals surface area contributed by atoms with Crippen molar-refractivity contribution in [2.45, 2.75) is 43.1 Å². The van der Waals surface area contributed by atoms with Crippen molar-refractivity contribution in [3.05, 3.63) is 41.7 Å². The SMILES string of the molecule is Cc1cc(C)n(C2CCN(Cc3ccc(Sc4nncn4C)o3)C2)n1. The summed E-state index contributed by atoms with van der Waals surface area (Å²) < 4.78 is 10.0. The van der Waals surface area contributed by atoms with Crippen LogP contribution in [0, 0.1) is 13.8 Å². The van der Waals surface area contributed by atoms with Gasteiger partial charge in [0.25, 0.3) is 0 Å². The van der Waals surface area contributed by atoms with E-state index < -0.39 is 0 Å². The van der Waals surface area contributed by atoms with Crippen molar-refractivity contribution in [3.63, 3.8) is 0 Å². The summed E-state index contributed by atoms with van der Waals surface area (Å²) in [6.07, 6.45) is 2.82. The van der Waals surface area contributed by atoms with E-state index >= 15 is 0 Å². The van der Waals surface area contributed by atoms with E-state index in [4.69, 9.17) is 4.42 Å². The molecular weight excluding hydrogens is 336 g/mol. The van der Waals surface area contributed by atoms with Gasteiger partial charge in [0.15, 0.2) is 10.2 Å². The molecule has 0 amide bonds. The highest BCUT2D eigenvalue weighted by Crippen LogP contribution is 2.29. The number of aromatic nitrogens is 5. The predicted octanol–water partition coefficient (Wildman–Crippen LogP) is 2.82. The third kappa shape index (κ3) is 3.50. The fraction of sp³-hybridized carbons (Fsp3) is 0.471. The summed E-state index contributed by atoms with van der Waals surface area (Å²) >= 11 is 1.49. The minimum Gasteiger partial charge on any atom is -0.453 e. The first-order valence-corrected chi connectivity index (χ1v) is 9.26. The highest BCUT2D eigenvalue weighted by atomic mass is 32.2. The molecule has 4 rings (SSSR count). The van der Waals surface area contributed by atoms with Crippen molar-refractivity contribution < 1.29 is 4.42 Å². The van der Waals surface area contributed by atoms with Gasteiger partial charge in [0, 0.05) is 25.8 Å². The van der Waals surface area contributed by atoms with Crippen LogP contribution in [0.4, 0.5) is 0 Å². The van der Waals surface area contributed by atoms with Crippen molar-refractivity contribution >= 4 is 11.8 Å².